The molecule has 7 nitrogen and oxygen atoms in total. The van der Waals surface area contributed by atoms with Crippen LogP contribution in [0.25, 0.3) is 11.3 Å². The minimum Gasteiger partial charge on any atom is -0.339 e. The predicted molar refractivity (Wildman–Crippen MR) is 91.0 cm³/mol. The van der Waals surface area contributed by atoms with Crippen LogP contribution in [0, 0.1) is 5.82 Å². The Morgan fingerprint density at radius 2 is 2.04 bits per heavy atom. The number of rotatable bonds is 4. The van der Waals surface area contributed by atoms with E-state index in [1.165, 1.54) is 12.1 Å². The van der Waals surface area contributed by atoms with Crippen LogP contribution in [0.4, 0.5) is 4.39 Å². The highest BCUT2D eigenvalue weighted by Crippen LogP contribution is 2.28. The van der Waals surface area contributed by atoms with Gasteiger partial charge in [0.1, 0.15) is 11.5 Å². The maximum Gasteiger partial charge on any atom is 0.271 e. The molecule has 26 heavy (non-hydrogen) atoms. The number of halogens is 1. The number of aromatic amines is 1. The molecule has 0 aliphatic carbocycles. The first-order valence-electron chi connectivity index (χ1n) is 8.45. The van der Waals surface area contributed by atoms with E-state index in [9.17, 15) is 9.18 Å². The molecular formula is C18H18FN5O2. The summed E-state index contributed by atoms with van der Waals surface area (Å²) in [6, 6.07) is 7.65. The van der Waals surface area contributed by atoms with E-state index in [0.717, 1.165) is 5.56 Å². The molecule has 3 aromatic rings. The Kier molecular flexibility index (Phi) is 4.02. The molecule has 1 aliphatic heterocycles. The van der Waals surface area contributed by atoms with Gasteiger partial charge in [0.05, 0.1) is 11.6 Å². The third kappa shape index (κ3) is 2.98. The number of nitrogens with one attached hydrogen (secondary N) is 1. The second-order valence-electron chi connectivity index (χ2n) is 6.73. The van der Waals surface area contributed by atoms with Crippen LogP contribution in [0.15, 0.2) is 34.9 Å². The van der Waals surface area contributed by atoms with Gasteiger partial charge < -0.3 is 9.42 Å². The van der Waals surface area contributed by atoms with Crippen LogP contribution in [0.1, 0.15) is 47.9 Å². The Morgan fingerprint density at radius 3 is 2.69 bits per heavy atom. The van der Waals surface area contributed by atoms with E-state index in [1.807, 2.05) is 13.8 Å². The van der Waals surface area contributed by atoms with Crippen molar-refractivity contribution in [3.05, 3.63) is 53.6 Å². The molecule has 0 radical (unpaired) electrons. The molecular weight excluding hydrogens is 337 g/mol. The number of carbonyl (C=O) groups is 1. The number of H-pyrrole nitrogens is 1. The Hall–Kier alpha value is -3.03. The van der Waals surface area contributed by atoms with Gasteiger partial charge in [0.25, 0.3) is 5.91 Å². The number of aromatic nitrogens is 4. The lowest BCUT2D eigenvalue weighted by molar-refractivity contribution is 0.0563. The second kappa shape index (κ2) is 6.36. The quantitative estimate of drug-likeness (QED) is 0.777. The van der Waals surface area contributed by atoms with Gasteiger partial charge >= 0.3 is 0 Å². The maximum atomic E-state index is 13.0. The van der Waals surface area contributed by atoms with Crippen molar-refractivity contribution in [2.45, 2.75) is 25.7 Å². The fraction of sp³-hybridized carbons (Fsp3) is 0.333. The van der Waals surface area contributed by atoms with Crippen molar-refractivity contribution in [1.29, 1.82) is 0 Å². The van der Waals surface area contributed by atoms with Crippen molar-refractivity contribution < 1.29 is 13.7 Å². The summed E-state index contributed by atoms with van der Waals surface area (Å²) in [5.41, 5.74) is 1.75. The Bertz CT molecular complexity index is 925. The number of benzene rings is 1. The lowest BCUT2D eigenvalue weighted by atomic mass is 9.99. The molecule has 0 spiro atoms. The molecule has 1 aromatic carbocycles. The molecule has 0 bridgehead atoms. The van der Waals surface area contributed by atoms with E-state index >= 15 is 0 Å². The van der Waals surface area contributed by atoms with Crippen molar-refractivity contribution in [1.82, 2.24) is 25.2 Å². The summed E-state index contributed by atoms with van der Waals surface area (Å²) in [5, 5.41) is 10.9. The number of hydrogen-bond donors (Lipinski definition) is 1. The van der Waals surface area contributed by atoms with Crippen molar-refractivity contribution in [3.63, 3.8) is 0 Å². The highest BCUT2D eigenvalue weighted by atomic mass is 19.1. The third-order valence-corrected chi connectivity index (χ3v) is 4.44. The van der Waals surface area contributed by atoms with E-state index in [2.05, 4.69) is 20.3 Å². The molecule has 0 unspecified atom stereocenters. The van der Waals surface area contributed by atoms with Crippen LogP contribution in [-0.4, -0.2) is 44.2 Å². The van der Waals surface area contributed by atoms with Gasteiger partial charge in [-0.25, -0.2) is 4.39 Å². The normalized spacial score (nSPS) is 14.7. The van der Waals surface area contributed by atoms with E-state index in [1.54, 1.807) is 23.1 Å². The Labute approximate surface area is 149 Å². The van der Waals surface area contributed by atoms with E-state index in [0.29, 0.717) is 36.2 Å². The molecule has 134 valence electrons. The van der Waals surface area contributed by atoms with Gasteiger partial charge in [-0.2, -0.15) is 10.1 Å². The summed E-state index contributed by atoms with van der Waals surface area (Å²) in [5.74, 6) is 1.09. The van der Waals surface area contributed by atoms with Crippen molar-refractivity contribution in [3.8, 4) is 11.3 Å². The molecule has 1 amide bonds. The van der Waals surface area contributed by atoms with Crippen LogP contribution < -0.4 is 0 Å². The fourth-order valence-corrected chi connectivity index (χ4v) is 2.82. The zero-order valence-electron chi connectivity index (χ0n) is 14.4. The molecule has 3 heterocycles. The topological polar surface area (TPSA) is 87.9 Å². The summed E-state index contributed by atoms with van der Waals surface area (Å²) in [4.78, 5) is 18.6. The lowest BCUT2D eigenvalue weighted by Gasteiger charge is -2.36. The molecule has 1 N–H and O–H groups in total. The molecule has 1 aliphatic rings. The highest BCUT2D eigenvalue weighted by Gasteiger charge is 2.36. The maximum absolute atomic E-state index is 13.0. The third-order valence-electron chi connectivity index (χ3n) is 4.44. The molecule has 1 fully saturated rings. The number of likely N-dealkylation sites (tertiary alicyclic amines) is 1. The van der Waals surface area contributed by atoms with Gasteiger partial charge in [0, 0.05) is 24.6 Å². The SMILES string of the molecule is CC(C)c1noc(C2CN(C(=O)c3cc(-c4ccc(F)cc4)n[nH]3)C2)n1. The molecule has 0 atom stereocenters. The van der Waals surface area contributed by atoms with Gasteiger partial charge in [-0.15, -0.1) is 0 Å². The molecule has 4 rings (SSSR count). The average Bonchev–Trinajstić information content (AvgIpc) is 3.23. The van der Waals surface area contributed by atoms with Gasteiger partial charge in [0.2, 0.25) is 5.89 Å². The molecule has 2 aromatic heterocycles. The Morgan fingerprint density at radius 1 is 1.31 bits per heavy atom. The van der Waals surface area contributed by atoms with Crippen molar-refractivity contribution in [2.75, 3.05) is 13.1 Å². The van der Waals surface area contributed by atoms with Gasteiger partial charge in [-0.3, -0.25) is 9.89 Å². The summed E-state index contributed by atoms with van der Waals surface area (Å²) in [6.45, 7) is 5.07. The van der Waals surface area contributed by atoms with E-state index in [4.69, 9.17) is 4.52 Å². The fourth-order valence-electron chi connectivity index (χ4n) is 2.82. The summed E-state index contributed by atoms with van der Waals surface area (Å²) in [6.07, 6.45) is 0. The first kappa shape index (κ1) is 16.4. The van der Waals surface area contributed by atoms with Crippen molar-refractivity contribution >= 4 is 5.91 Å². The van der Waals surface area contributed by atoms with Gasteiger partial charge in [-0.1, -0.05) is 19.0 Å². The first-order chi connectivity index (χ1) is 12.5. The van der Waals surface area contributed by atoms with Gasteiger partial charge in [-0.05, 0) is 30.3 Å². The van der Waals surface area contributed by atoms with E-state index < -0.39 is 0 Å². The lowest BCUT2D eigenvalue weighted by Crippen LogP contribution is -2.48. The number of hydrogen-bond acceptors (Lipinski definition) is 5. The minimum absolute atomic E-state index is 0.0680. The molecule has 0 saturated carbocycles. The standard InChI is InChI=1S/C18H18FN5O2/c1-10(2)16-20-17(26-23-16)12-8-24(9-12)18(25)15-7-14(21-22-15)11-3-5-13(19)6-4-11/h3-7,10,12H,8-9H2,1-2H3,(H,21,22). The number of amides is 1. The number of carbonyl (C=O) groups excluding carboxylic acids is 1. The highest BCUT2D eigenvalue weighted by molar-refractivity contribution is 5.94. The van der Waals surface area contributed by atoms with Crippen LogP contribution in [0.3, 0.4) is 0 Å². The largest absolute Gasteiger partial charge is 0.339 e. The van der Waals surface area contributed by atoms with Crippen LogP contribution in [0.2, 0.25) is 0 Å². The second-order valence-corrected chi connectivity index (χ2v) is 6.73. The van der Waals surface area contributed by atoms with Crippen LogP contribution >= 0.6 is 0 Å². The first-order valence-corrected chi connectivity index (χ1v) is 8.45. The van der Waals surface area contributed by atoms with E-state index in [-0.39, 0.29) is 23.6 Å². The van der Waals surface area contributed by atoms with Crippen LogP contribution in [-0.2, 0) is 0 Å². The Balaban J connectivity index is 1.41. The molecule has 8 heteroatoms. The minimum atomic E-state index is -0.311. The predicted octanol–water partition coefficient (Wildman–Crippen LogP) is 2.96. The van der Waals surface area contributed by atoms with Gasteiger partial charge in [0.15, 0.2) is 5.82 Å². The average molecular weight is 355 g/mol. The summed E-state index contributed by atoms with van der Waals surface area (Å²) < 4.78 is 18.3. The molecule has 1 saturated heterocycles. The smallest absolute Gasteiger partial charge is 0.271 e. The zero-order valence-corrected chi connectivity index (χ0v) is 14.4. The summed E-state index contributed by atoms with van der Waals surface area (Å²) >= 11 is 0. The van der Waals surface area contributed by atoms with Crippen LogP contribution in [0.5, 0.6) is 0 Å². The number of nitrogens with zero attached hydrogens (tertiary/aromatic N) is 4. The zero-order chi connectivity index (χ0) is 18.3. The monoisotopic (exact) mass is 355 g/mol. The summed E-state index contributed by atoms with van der Waals surface area (Å²) in [7, 11) is 0. The van der Waals surface area contributed by atoms with Crippen molar-refractivity contribution in [2.24, 2.45) is 0 Å².